The molecule has 6 heteroatoms. The molecule has 2 aliphatic heterocycles. The van der Waals surface area contributed by atoms with Gasteiger partial charge in [-0.3, -0.25) is 4.79 Å². The highest BCUT2D eigenvalue weighted by Crippen LogP contribution is 2.39. The minimum atomic E-state index is -0.200. The van der Waals surface area contributed by atoms with Crippen LogP contribution in [0.3, 0.4) is 0 Å². The summed E-state index contributed by atoms with van der Waals surface area (Å²) in [4.78, 5) is 26.1. The third-order valence-electron chi connectivity index (χ3n) is 6.07. The van der Waals surface area contributed by atoms with Crippen molar-refractivity contribution in [1.29, 1.82) is 0 Å². The smallest absolute Gasteiger partial charge is 0.225 e. The molecule has 4 rings (SSSR count). The third kappa shape index (κ3) is 4.13. The number of benzene rings is 1. The summed E-state index contributed by atoms with van der Waals surface area (Å²) in [7, 11) is 3.90. The summed E-state index contributed by atoms with van der Waals surface area (Å²) in [6.07, 6.45) is 5.18. The highest BCUT2D eigenvalue weighted by atomic mass is 16.5. The molecule has 0 radical (unpaired) electrons. The van der Waals surface area contributed by atoms with E-state index in [1.165, 1.54) is 11.1 Å². The Morgan fingerprint density at radius 1 is 1.28 bits per heavy atom. The lowest BCUT2D eigenvalue weighted by Crippen LogP contribution is -2.42. The van der Waals surface area contributed by atoms with E-state index >= 15 is 0 Å². The van der Waals surface area contributed by atoms with Crippen LogP contribution in [0.5, 0.6) is 0 Å². The van der Waals surface area contributed by atoms with Crippen molar-refractivity contribution < 1.29 is 9.53 Å². The molecule has 2 aliphatic rings. The molecular weight excluding hydrogens is 364 g/mol. The van der Waals surface area contributed by atoms with Gasteiger partial charge in [-0.15, -0.1) is 0 Å². The van der Waals surface area contributed by atoms with Gasteiger partial charge in [0.2, 0.25) is 11.9 Å². The van der Waals surface area contributed by atoms with Crippen molar-refractivity contribution in [1.82, 2.24) is 14.9 Å². The maximum absolute atomic E-state index is 12.8. The van der Waals surface area contributed by atoms with E-state index in [2.05, 4.69) is 36.2 Å². The van der Waals surface area contributed by atoms with E-state index in [0.29, 0.717) is 32.1 Å². The number of aromatic nitrogens is 2. The minimum Gasteiger partial charge on any atom is -0.376 e. The Hall–Kier alpha value is -2.47. The SMILES string of the molecule is Cc1ccc(CCCC(=O)N2CC[C@]3(COCc4cnc(N(C)C)nc43)C2)cc1. The molecule has 1 amide bonds. The second kappa shape index (κ2) is 8.11. The zero-order chi connectivity index (χ0) is 20.4. The van der Waals surface area contributed by atoms with Gasteiger partial charge < -0.3 is 14.5 Å². The van der Waals surface area contributed by atoms with Crippen molar-refractivity contribution in [2.24, 2.45) is 0 Å². The van der Waals surface area contributed by atoms with E-state index in [0.717, 1.165) is 37.1 Å². The van der Waals surface area contributed by atoms with E-state index < -0.39 is 0 Å². The Balaban J connectivity index is 1.40. The van der Waals surface area contributed by atoms with E-state index in [1.807, 2.05) is 30.1 Å². The molecule has 1 aromatic heterocycles. The van der Waals surface area contributed by atoms with Crippen LogP contribution in [0, 0.1) is 6.92 Å². The summed E-state index contributed by atoms with van der Waals surface area (Å²) in [5.41, 5.74) is 4.48. The molecule has 1 spiro atoms. The molecule has 0 unspecified atom stereocenters. The Morgan fingerprint density at radius 3 is 2.83 bits per heavy atom. The van der Waals surface area contributed by atoms with Gasteiger partial charge in [-0.2, -0.15) is 0 Å². The van der Waals surface area contributed by atoms with Gasteiger partial charge in [0.05, 0.1) is 24.3 Å². The molecule has 29 heavy (non-hydrogen) atoms. The fraction of sp³-hybridized carbons (Fsp3) is 0.522. The Labute approximate surface area is 172 Å². The van der Waals surface area contributed by atoms with Crippen LogP contribution in [0.4, 0.5) is 5.95 Å². The molecular formula is C23H30N4O2. The van der Waals surface area contributed by atoms with Crippen molar-refractivity contribution in [3.8, 4) is 0 Å². The summed E-state index contributed by atoms with van der Waals surface area (Å²) >= 11 is 0. The first-order chi connectivity index (χ1) is 14.0. The molecule has 154 valence electrons. The summed E-state index contributed by atoms with van der Waals surface area (Å²) in [5, 5.41) is 0. The van der Waals surface area contributed by atoms with Crippen LogP contribution in [0.25, 0.3) is 0 Å². The maximum atomic E-state index is 12.8. The maximum Gasteiger partial charge on any atom is 0.225 e. The van der Waals surface area contributed by atoms with Gasteiger partial charge in [0, 0.05) is 45.4 Å². The summed E-state index contributed by atoms with van der Waals surface area (Å²) in [6.45, 7) is 4.73. The number of amides is 1. The van der Waals surface area contributed by atoms with Crippen molar-refractivity contribution in [2.75, 3.05) is 38.7 Å². The van der Waals surface area contributed by atoms with Crippen LogP contribution in [0.15, 0.2) is 30.5 Å². The number of hydrogen-bond donors (Lipinski definition) is 0. The van der Waals surface area contributed by atoms with E-state index in [9.17, 15) is 4.79 Å². The predicted octanol–water partition coefficient (Wildman–Crippen LogP) is 2.87. The molecule has 1 atom stereocenters. The molecule has 1 aromatic carbocycles. The number of carbonyl (C=O) groups excluding carboxylic acids is 1. The average Bonchev–Trinajstić information content (AvgIpc) is 3.14. The lowest BCUT2D eigenvalue weighted by atomic mass is 9.80. The van der Waals surface area contributed by atoms with Gasteiger partial charge in [-0.1, -0.05) is 29.8 Å². The molecule has 0 N–H and O–H groups in total. The van der Waals surface area contributed by atoms with Crippen LogP contribution in [0.1, 0.15) is 41.6 Å². The van der Waals surface area contributed by atoms with Gasteiger partial charge in [0.1, 0.15) is 0 Å². The van der Waals surface area contributed by atoms with E-state index in [4.69, 9.17) is 9.72 Å². The normalized spacial score (nSPS) is 20.7. The quantitative estimate of drug-likeness (QED) is 0.780. The van der Waals surface area contributed by atoms with Crippen molar-refractivity contribution in [3.63, 3.8) is 0 Å². The first-order valence-corrected chi connectivity index (χ1v) is 10.4. The molecule has 3 heterocycles. The topological polar surface area (TPSA) is 58.6 Å². The van der Waals surface area contributed by atoms with Crippen LogP contribution in [-0.4, -0.2) is 54.6 Å². The predicted molar refractivity (Wildman–Crippen MR) is 113 cm³/mol. The molecule has 0 saturated carbocycles. The summed E-state index contributed by atoms with van der Waals surface area (Å²) in [5.74, 6) is 0.955. The fourth-order valence-corrected chi connectivity index (χ4v) is 4.36. The third-order valence-corrected chi connectivity index (χ3v) is 6.07. The number of hydrogen-bond acceptors (Lipinski definition) is 5. The van der Waals surface area contributed by atoms with E-state index in [-0.39, 0.29) is 11.3 Å². The average molecular weight is 395 g/mol. The molecule has 6 nitrogen and oxygen atoms in total. The number of anilines is 1. The molecule has 1 fully saturated rings. The van der Waals surface area contributed by atoms with Gasteiger partial charge >= 0.3 is 0 Å². The lowest BCUT2D eigenvalue weighted by molar-refractivity contribution is -0.130. The molecule has 0 bridgehead atoms. The molecule has 1 saturated heterocycles. The van der Waals surface area contributed by atoms with Crippen LogP contribution < -0.4 is 4.90 Å². The summed E-state index contributed by atoms with van der Waals surface area (Å²) < 4.78 is 5.88. The Morgan fingerprint density at radius 2 is 2.07 bits per heavy atom. The first kappa shape index (κ1) is 19.8. The molecule has 2 aromatic rings. The van der Waals surface area contributed by atoms with Crippen molar-refractivity contribution in [2.45, 2.75) is 44.6 Å². The minimum absolute atomic E-state index is 0.200. The van der Waals surface area contributed by atoms with Gasteiger partial charge in [-0.25, -0.2) is 9.97 Å². The number of likely N-dealkylation sites (tertiary alicyclic amines) is 1. The lowest BCUT2D eigenvalue weighted by Gasteiger charge is -2.34. The Kier molecular flexibility index (Phi) is 5.54. The standard InChI is InChI=1S/C23H30N4O2/c1-17-7-9-18(10-8-17)5-4-6-20(28)27-12-11-23(15-27)16-29-14-19-13-24-22(26(2)3)25-21(19)23/h7-10,13H,4-6,11-12,14-16H2,1-3H3/t23-/m1/s1. The van der Waals surface area contributed by atoms with Gasteiger partial charge in [0.15, 0.2) is 0 Å². The van der Waals surface area contributed by atoms with Gasteiger partial charge in [-0.05, 0) is 31.7 Å². The highest BCUT2D eigenvalue weighted by Gasteiger charge is 2.46. The number of ether oxygens (including phenoxy) is 1. The second-order valence-corrected chi connectivity index (χ2v) is 8.62. The van der Waals surface area contributed by atoms with Gasteiger partial charge in [0.25, 0.3) is 0 Å². The number of carbonyl (C=O) groups is 1. The first-order valence-electron chi connectivity index (χ1n) is 10.4. The Bertz CT molecular complexity index is 881. The number of nitrogens with zero attached hydrogens (tertiary/aromatic N) is 4. The van der Waals surface area contributed by atoms with Crippen LogP contribution >= 0.6 is 0 Å². The summed E-state index contributed by atoms with van der Waals surface area (Å²) in [6, 6.07) is 8.57. The largest absolute Gasteiger partial charge is 0.376 e. The monoisotopic (exact) mass is 394 g/mol. The van der Waals surface area contributed by atoms with E-state index in [1.54, 1.807) is 0 Å². The zero-order valence-electron chi connectivity index (χ0n) is 17.6. The van der Waals surface area contributed by atoms with Crippen LogP contribution in [0.2, 0.25) is 0 Å². The zero-order valence-corrected chi connectivity index (χ0v) is 17.6. The van der Waals surface area contributed by atoms with Crippen LogP contribution in [-0.2, 0) is 28.0 Å². The molecule has 0 aliphatic carbocycles. The fourth-order valence-electron chi connectivity index (χ4n) is 4.36. The second-order valence-electron chi connectivity index (χ2n) is 8.62. The number of aryl methyl sites for hydroxylation is 2. The number of fused-ring (bicyclic) bond motifs is 2. The number of rotatable bonds is 5. The highest BCUT2D eigenvalue weighted by molar-refractivity contribution is 5.76. The van der Waals surface area contributed by atoms with Crippen molar-refractivity contribution >= 4 is 11.9 Å². The van der Waals surface area contributed by atoms with Crippen molar-refractivity contribution in [3.05, 3.63) is 52.8 Å².